The number of thiol groups is 1. The smallest absolute Gasteiger partial charge is 0.0796 e. The highest BCUT2D eigenvalue weighted by Crippen LogP contribution is 2.16. The summed E-state index contributed by atoms with van der Waals surface area (Å²) in [7, 11) is 0. The molecule has 0 saturated heterocycles. The van der Waals surface area contributed by atoms with Crippen molar-refractivity contribution in [3.63, 3.8) is 0 Å². The van der Waals surface area contributed by atoms with Gasteiger partial charge in [-0.05, 0) is 31.1 Å². The van der Waals surface area contributed by atoms with Gasteiger partial charge in [0.1, 0.15) is 0 Å². The Hall–Kier alpha value is -0.470. The molecule has 1 rings (SSSR count). The topological polar surface area (TPSA) is 9.23 Å². The average Bonchev–Trinajstić information content (AvgIpc) is 2.30. The first-order valence-corrected chi connectivity index (χ1v) is 6.25. The molecule has 0 amide bonds. The van der Waals surface area contributed by atoms with Crippen LogP contribution in [0.1, 0.15) is 37.9 Å². The van der Waals surface area contributed by atoms with Crippen molar-refractivity contribution in [2.24, 2.45) is 0 Å². The maximum absolute atomic E-state index is 5.75. The minimum Gasteiger partial charge on any atom is -0.374 e. The molecule has 84 valence electrons. The van der Waals surface area contributed by atoms with Gasteiger partial charge in [0.05, 0.1) is 6.10 Å². The Morgan fingerprint density at radius 3 is 2.53 bits per heavy atom. The van der Waals surface area contributed by atoms with Crippen LogP contribution in [0.2, 0.25) is 0 Å². The zero-order valence-corrected chi connectivity index (χ0v) is 10.2. The second kappa shape index (κ2) is 7.77. The first-order chi connectivity index (χ1) is 7.34. The lowest BCUT2D eigenvalue weighted by atomic mass is 10.1. The van der Waals surface area contributed by atoms with Gasteiger partial charge in [0.2, 0.25) is 0 Å². The summed E-state index contributed by atoms with van der Waals surface area (Å²) in [5.41, 5.74) is 1.26. The predicted octanol–water partition coefficient (Wildman–Crippen LogP) is 3.86. The van der Waals surface area contributed by atoms with E-state index in [1.165, 1.54) is 18.4 Å². The fourth-order valence-corrected chi connectivity index (χ4v) is 1.69. The van der Waals surface area contributed by atoms with Crippen molar-refractivity contribution < 1.29 is 4.74 Å². The molecule has 1 aromatic carbocycles. The normalized spacial score (nSPS) is 12.7. The fraction of sp³-hybridized carbons (Fsp3) is 0.538. The van der Waals surface area contributed by atoms with Gasteiger partial charge in [-0.25, -0.2) is 0 Å². The first-order valence-electron chi connectivity index (χ1n) is 5.62. The number of hydrogen-bond donors (Lipinski definition) is 1. The Bertz CT molecular complexity index is 248. The molecule has 0 bridgehead atoms. The summed E-state index contributed by atoms with van der Waals surface area (Å²) in [4.78, 5) is 0. The number of unbranched alkanes of at least 4 members (excludes halogenated alkanes) is 2. The summed E-state index contributed by atoms with van der Waals surface area (Å²) in [6, 6.07) is 10.4. The summed E-state index contributed by atoms with van der Waals surface area (Å²) in [5, 5.41) is 0. The van der Waals surface area contributed by atoms with Crippen LogP contribution in [-0.4, -0.2) is 12.4 Å². The van der Waals surface area contributed by atoms with Crippen molar-refractivity contribution in [3.05, 3.63) is 35.9 Å². The lowest BCUT2D eigenvalue weighted by molar-refractivity contribution is 0.0630. The number of benzene rings is 1. The zero-order valence-electron chi connectivity index (χ0n) is 9.36. The standard InChI is InChI=1S/C13H20OS/c1-12(13-8-4-2-5-9-13)14-10-6-3-7-11-15/h2,4-5,8-9,12,15H,3,6-7,10-11H2,1H3. The van der Waals surface area contributed by atoms with E-state index in [9.17, 15) is 0 Å². The third-order valence-corrected chi connectivity index (χ3v) is 2.76. The van der Waals surface area contributed by atoms with Gasteiger partial charge in [0, 0.05) is 6.61 Å². The van der Waals surface area contributed by atoms with Gasteiger partial charge in [0.15, 0.2) is 0 Å². The molecular formula is C13H20OS. The van der Waals surface area contributed by atoms with E-state index in [0.29, 0.717) is 0 Å². The van der Waals surface area contributed by atoms with Gasteiger partial charge >= 0.3 is 0 Å². The molecule has 1 atom stereocenters. The number of rotatable bonds is 7. The summed E-state index contributed by atoms with van der Waals surface area (Å²) in [5.74, 6) is 0.980. The molecule has 1 unspecified atom stereocenters. The van der Waals surface area contributed by atoms with Crippen LogP contribution >= 0.6 is 12.6 Å². The molecule has 0 aliphatic heterocycles. The Morgan fingerprint density at radius 1 is 1.13 bits per heavy atom. The molecular weight excluding hydrogens is 204 g/mol. The molecule has 0 saturated carbocycles. The van der Waals surface area contributed by atoms with Gasteiger partial charge in [0.25, 0.3) is 0 Å². The fourth-order valence-electron chi connectivity index (χ4n) is 1.47. The summed E-state index contributed by atoms with van der Waals surface area (Å²) < 4.78 is 5.75. The van der Waals surface area contributed by atoms with Crippen molar-refractivity contribution >= 4 is 12.6 Å². The molecule has 0 radical (unpaired) electrons. The maximum atomic E-state index is 5.75. The van der Waals surface area contributed by atoms with Crippen molar-refractivity contribution in [2.75, 3.05) is 12.4 Å². The van der Waals surface area contributed by atoms with Crippen LogP contribution in [-0.2, 0) is 4.74 Å². The second-order valence-electron chi connectivity index (χ2n) is 3.71. The van der Waals surface area contributed by atoms with Crippen LogP contribution in [0, 0.1) is 0 Å². The molecule has 0 N–H and O–H groups in total. The van der Waals surface area contributed by atoms with E-state index in [-0.39, 0.29) is 6.10 Å². The monoisotopic (exact) mass is 224 g/mol. The van der Waals surface area contributed by atoms with E-state index < -0.39 is 0 Å². The summed E-state index contributed by atoms with van der Waals surface area (Å²) >= 11 is 4.18. The summed E-state index contributed by atoms with van der Waals surface area (Å²) in [6.07, 6.45) is 3.75. The minimum atomic E-state index is 0.210. The van der Waals surface area contributed by atoms with Crippen LogP contribution in [0.15, 0.2) is 30.3 Å². The predicted molar refractivity (Wildman–Crippen MR) is 68.5 cm³/mol. The first kappa shape index (κ1) is 12.6. The highest BCUT2D eigenvalue weighted by atomic mass is 32.1. The van der Waals surface area contributed by atoms with Crippen LogP contribution in [0.4, 0.5) is 0 Å². The van der Waals surface area contributed by atoms with E-state index in [1.807, 2.05) is 6.07 Å². The van der Waals surface area contributed by atoms with Crippen molar-refractivity contribution in [2.45, 2.75) is 32.3 Å². The third kappa shape index (κ3) is 5.24. The molecule has 0 aliphatic carbocycles. The van der Waals surface area contributed by atoms with Crippen molar-refractivity contribution in [1.29, 1.82) is 0 Å². The minimum absolute atomic E-state index is 0.210. The summed E-state index contributed by atoms with van der Waals surface area (Å²) in [6.45, 7) is 2.96. The highest BCUT2D eigenvalue weighted by molar-refractivity contribution is 7.80. The van der Waals surface area contributed by atoms with E-state index in [4.69, 9.17) is 4.74 Å². The van der Waals surface area contributed by atoms with Crippen molar-refractivity contribution in [3.8, 4) is 0 Å². The molecule has 0 fully saturated rings. The Balaban J connectivity index is 2.16. The largest absolute Gasteiger partial charge is 0.374 e. The van der Waals surface area contributed by atoms with E-state index in [0.717, 1.165) is 18.8 Å². The quantitative estimate of drug-likeness (QED) is 0.546. The molecule has 0 aliphatic rings. The zero-order chi connectivity index (χ0) is 10.9. The van der Waals surface area contributed by atoms with Crippen LogP contribution in [0.25, 0.3) is 0 Å². The van der Waals surface area contributed by atoms with Gasteiger partial charge in [-0.15, -0.1) is 0 Å². The lowest BCUT2D eigenvalue weighted by Gasteiger charge is -2.12. The number of ether oxygens (including phenoxy) is 1. The number of hydrogen-bond acceptors (Lipinski definition) is 2. The lowest BCUT2D eigenvalue weighted by Crippen LogP contribution is -2.01. The highest BCUT2D eigenvalue weighted by Gasteiger charge is 2.03. The second-order valence-corrected chi connectivity index (χ2v) is 4.16. The van der Waals surface area contributed by atoms with E-state index in [1.54, 1.807) is 0 Å². The molecule has 15 heavy (non-hydrogen) atoms. The Kier molecular flexibility index (Phi) is 6.53. The molecule has 1 aromatic rings. The van der Waals surface area contributed by atoms with Gasteiger partial charge in [-0.2, -0.15) is 12.6 Å². The Labute approximate surface area is 98.3 Å². The maximum Gasteiger partial charge on any atom is 0.0796 e. The SMILES string of the molecule is CC(OCCCCCS)c1ccccc1. The van der Waals surface area contributed by atoms with E-state index >= 15 is 0 Å². The van der Waals surface area contributed by atoms with Gasteiger partial charge < -0.3 is 4.74 Å². The van der Waals surface area contributed by atoms with Crippen LogP contribution < -0.4 is 0 Å². The molecule has 0 heterocycles. The third-order valence-electron chi connectivity index (χ3n) is 2.44. The average molecular weight is 224 g/mol. The van der Waals surface area contributed by atoms with Gasteiger partial charge in [-0.1, -0.05) is 36.8 Å². The van der Waals surface area contributed by atoms with Crippen LogP contribution in [0.5, 0.6) is 0 Å². The molecule has 0 aromatic heterocycles. The van der Waals surface area contributed by atoms with Gasteiger partial charge in [-0.3, -0.25) is 0 Å². The molecule has 2 heteroatoms. The molecule has 0 spiro atoms. The molecule has 1 nitrogen and oxygen atoms in total. The Morgan fingerprint density at radius 2 is 1.87 bits per heavy atom. The van der Waals surface area contributed by atoms with Crippen molar-refractivity contribution in [1.82, 2.24) is 0 Å². The van der Waals surface area contributed by atoms with Crippen LogP contribution in [0.3, 0.4) is 0 Å². The van der Waals surface area contributed by atoms with E-state index in [2.05, 4.69) is 43.8 Å².